The molecule has 0 fully saturated rings. The van der Waals surface area contributed by atoms with Crippen LogP contribution in [-0.2, 0) is 0 Å². The van der Waals surface area contributed by atoms with Crippen LogP contribution in [-0.4, -0.2) is 12.0 Å². The zero-order valence-electron chi connectivity index (χ0n) is 2.70. The molecular weight excluding hydrogens is 87.1 g/mol. The van der Waals surface area contributed by atoms with Crippen LogP contribution in [0.2, 0.25) is 0 Å². The van der Waals surface area contributed by atoms with Crippen LogP contribution in [0.3, 0.4) is 0 Å². The molecule has 0 aromatic carbocycles. The van der Waals surface area contributed by atoms with Gasteiger partial charge in [-0.2, -0.15) is 0 Å². The third-order valence-corrected chi connectivity index (χ3v) is 0.401. The zero-order chi connectivity index (χ0) is 4.12. The van der Waals surface area contributed by atoms with Crippen LogP contribution in [0.4, 0.5) is 4.39 Å². The molecule has 2 heteroatoms. The highest BCUT2D eigenvalue weighted by Gasteiger charge is 1.68. The van der Waals surface area contributed by atoms with Crippen LogP contribution in [0, 0.1) is 0 Å². The molecule has 0 spiro atoms. The van der Waals surface area contributed by atoms with Gasteiger partial charge in [-0.1, -0.05) is 12.2 Å². The highest BCUT2D eigenvalue weighted by molar-refractivity contribution is 7.78. The average molecular weight is 91.1 g/mol. The lowest BCUT2D eigenvalue weighted by atomic mass is 10.6. The normalized spacial score (nSPS) is 7.40. The molecule has 0 saturated heterocycles. The van der Waals surface area contributed by atoms with Crippen molar-refractivity contribution in [2.45, 2.75) is 6.42 Å². The first-order valence-corrected chi connectivity index (χ1v) is 1.73. The van der Waals surface area contributed by atoms with E-state index in [9.17, 15) is 4.39 Å². The summed E-state index contributed by atoms with van der Waals surface area (Å²) < 4.78 is 10.9. The number of alkyl halides is 1. The summed E-state index contributed by atoms with van der Waals surface area (Å²) in [5.41, 5.74) is 0. The van der Waals surface area contributed by atoms with Gasteiger partial charge in [0.1, 0.15) is 0 Å². The molecule has 0 heterocycles. The molecule has 0 saturated carbocycles. The van der Waals surface area contributed by atoms with E-state index in [4.69, 9.17) is 0 Å². The third-order valence-electron chi connectivity index (χ3n) is 0.197. The van der Waals surface area contributed by atoms with Crippen LogP contribution < -0.4 is 0 Å². The van der Waals surface area contributed by atoms with Gasteiger partial charge in [-0.05, 0) is 0 Å². The molecule has 0 aliphatic rings. The maximum absolute atomic E-state index is 10.9. The molecule has 0 rings (SSSR count). The quantitative estimate of drug-likeness (QED) is 0.460. The number of hydrogen-bond acceptors (Lipinski definition) is 1. The summed E-state index contributed by atoms with van der Waals surface area (Å²) in [6, 6.07) is 0. The van der Waals surface area contributed by atoms with E-state index in [0.717, 1.165) is 0 Å². The predicted octanol–water partition coefficient (Wildman–Crippen LogP) is 1.22. The Kier molecular flexibility index (Phi) is 4.04. The van der Waals surface area contributed by atoms with Gasteiger partial charge in [0.25, 0.3) is 0 Å². The molecule has 0 nitrogen and oxygen atoms in total. The second-order valence-electron chi connectivity index (χ2n) is 0.583. The Morgan fingerprint density at radius 2 is 2.40 bits per heavy atom. The molecule has 0 amide bonds. The lowest BCUT2D eigenvalue weighted by Crippen LogP contribution is -1.69. The monoisotopic (exact) mass is 91.0 g/mol. The molecule has 5 heavy (non-hydrogen) atoms. The third kappa shape index (κ3) is 4.02. The van der Waals surface area contributed by atoms with Crippen molar-refractivity contribution in [2.75, 3.05) is 6.67 Å². The Morgan fingerprint density at radius 1 is 1.80 bits per heavy atom. The molecule has 0 aromatic heterocycles. The Morgan fingerprint density at radius 3 is 2.40 bits per heavy atom. The number of rotatable bonds is 2. The Hall–Kier alpha value is 0.0200. The van der Waals surface area contributed by atoms with Crippen LogP contribution >= 0.6 is 12.2 Å². The molecule has 0 aliphatic carbocycles. The van der Waals surface area contributed by atoms with Crippen LogP contribution in [0.1, 0.15) is 6.42 Å². The predicted molar refractivity (Wildman–Crippen MR) is 23.2 cm³/mol. The van der Waals surface area contributed by atoms with E-state index in [1.54, 1.807) is 0 Å². The van der Waals surface area contributed by atoms with Gasteiger partial charge < -0.3 is 0 Å². The standard InChI is InChI=1S/C3H4FS/c4-2-1-3-5/h1-2H2. The molecule has 0 aliphatic heterocycles. The van der Waals surface area contributed by atoms with E-state index in [1.807, 2.05) is 0 Å². The van der Waals surface area contributed by atoms with Crippen molar-refractivity contribution in [3.05, 3.63) is 0 Å². The summed E-state index contributed by atoms with van der Waals surface area (Å²) in [5, 5.41) is 2.23. The molecule has 0 atom stereocenters. The highest BCUT2D eigenvalue weighted by atomic mass is 32.1. The largest absolute Gasteiger partial charge is 0.251 e. The van der Waals surface area contributed by atoms with Crippen molar-refractivity contribution in [3.8, 4) is 0 Å². The SMILES string of the molecule is FCC[C]=S. The first kappa shape index (κ1) is 5.02. The molecule has 0 aromatic rings. The minimum Gasteiger partial charge on any atom is -0.251 e. The van der Waals surface area contributed by atoms with Crippen molar-refractivity contribution in [2.24, 2.45) is 0 Å². The summed E-state index contributed by atoms with van der Waals surface area (Å²) in [6.45, 7) is -0.372. The fourth-order valence-corrected chi connectivity index (χ4v) is 0.116. The van der Waals surface area contributed by atoms with E-state index < -0.39 is 0 Å². The second-order valence-corrected chi connectivity index (χ2v) is 0.872. The van der Waals surface area contributed by atoms with Gasteiger partial charge in [-0.15, -0.1) is 0 Å². The van der Waals surface area contributed by atoms with E-state index in [1.165, 1.54) is 0 Å². The molecule has 0 N–H and O–H groups in total. The van der Waals surface area contributed by atoms with Gasteiger partial charge in [-0.3, -0.25) is 4.39 Å². The molecular formula is C3H4FS. The molecule has 0 unspecified atom stereocenters. The smallest absolute Gasteiger partial charge is 0.0943 e. The highest BCUT2D eigenvalue weighted by Crippen LogP contribution is 1.70. The van der Waals surface area contributed by atoms with E-state index in [0.29, 0.717) is 0 Å². The second kappa shape index (κ2) is 4.02. The van der Waals surface area contributed by atoms with Crippen molar-refractivity contribution >= 4 is 17.6 Å². The first-order chi connectivity index (χ1) is 2.41. The lowest BCUT2D eigenvalue weighted by Gasteiger charge is -1.66. The summed E-state index contributed by atoms with van der Waals surface area (Å²) in [7, 11) is 0. The average Bonchev–Trinajstić information content (AvgIpc) is 1.41. The van der Waals surface area contributed by atoms with E-state index in [2.05, 4.69) is 17.6 Å². The van der Waals surface area contributed by atoms with Gasteiger partial charge in [-0.25, -0.2) is 0 Å². The topological polar surface area (TPSA) is 0 Å². The van der Waals surface area contributed by atoms with Gasteiger partial charge in [0, 0.05) is 11.8 Å². The fourth-order valence-electron chi connectivity index (χ4n) is 0.0386. The van der Waals surface area contributed by atoms with E-state index in [-0.39, 0.29) is 13.1 Å². The minimum atomic E-state index is -0.372. The Bertz CT molecular complexity index is 28.1. The Labute approximate surface area is 36.0 Å². The summed E-state index contributed by atoms with van der Waals surface area (Å²) in [5.74, 6) is 0. The zero-order valence-corrected chi connectivity index (χ0v) is 3.52. The van der Waals surface area contributed by atoms with Gasteiger partial charge in [0.05, 0.1) is 6.67 Å². The summed E-state index contributed by atoms with van der Waals surface area (Å²) >= 11 is 4.16. The van der Waals surface area contributed by atoms with Gasteiger partial charge >= 0.3 is 0 Å². The number of thiocarbonyl (C=S) groups is 1. The molecule has 0 bridgehead atoms. The van der Waals surface area contributed by atoms with Crippen molar-refractivity contribution < 1.29 is 4.39 Å². The summed E-state index contributed by atoms with van der Waals surface area (Å²) in [4.78, 5) is 0. The van der Waals surface area contributed by atoms with Crippen LogP contribution in [0.5, 0.6) is 0 Å². The van der Waals surface area contributed by atoms with Crippen molar-refractivity contribution in [1.29, 1.82) is 0 Å². The maximum atomic E-state index is 10.9. The van der Waals surface area contributed by atoms with Crippen LogP contribution in [0.15, 0.2) is 0 Å². The van der Waals surface area contributed by atoms with Crippen molar-refractivity contribution in [3.63, 3.8) is 0 Å². The Balaban J connectivity index is 2.40. The maximum Gasteiger partial charge on any atom is 0.0943 e. The summed E-state index contributed by atoms with van der Waals surface area (Å²) in [6.07, 6.45) is 0.287. The first-order valence-electron chi connectivity index (χ1n) is 1.32. The molecule has 1 radical (unpaired) electrons. The molecule has 29 valence electrons. The lowest BCUT2D eigenvalue weighted by molar-refractivity contribution is 0.512. The minimum absolute atomic E-state index is 0.287. The van der Waals surface area contributed by atoms with Crippen molar-refractivity contribution in [1.82, 2.24) is 0 Å². The fraction of sp³-hybridized carbons (Fsp3) is 0.667. The number of halogens is 1. The van der Waals surface area contributed by atoms with Crippen LogP contribution in [0.25, 0.3) is 0 Å². The van der Waals surface area contributed by atoms with Gasteiger partial charge in [0.15, 0.2) is 0 Å². The number of hydrogen-bond donors (Lipinski definition) is 0. The van der Waals surface area contributed by atoms with E-state index >= 15 is 0 Å². The van der Waals surface area contributed by atoms with Gasteiger partial charge in [0.2, 0.25) is 0 Å².